The van der Waals surface area contributed by atoms with Crippen molar-refractivity contribution in [1.82, 2.24) is 20.4 Å². The molecule has 2 heterocycles. The van der Waals surface area contributed by atoms with Gasteiger partial charge in [0.2, 0.25) is 5.91 Å². The number of aromatic nitrogens is 2. The fourth-order valence-electron chi connectivity index (χ4n) is 3.25. The number of piperidine rings is 1. The lowest BCUT2D eigenvalue weighted by Gasteiger charge is -2.31. The van der Waals surface area contributed by atoms with Crippen LogP contribution in [-0.2, 0) is 11.3 Å². The molecule has 1 aromatic heterocycles. The Morgan fingerprint density at radius 1 is 1.33 bits per heavy atom. The van der Waals surface area contributed by atoms with Crippen LogP contribution in [0.2, 0.25) is 5.02 Å². The van der Waals surface area contributed by atoms with Crippen LogP contribution in [0, 0.1) is 5.92 Å². The van der Waals surface area contributed by atoms with Crippen molar-refractivity contribution in [3.8, 4) is 11.3 Å². The average molecular weight is 347 g/mol. The Kier molecular flexibility index (Phi) is 5.53. The minimum Gasteiger partial charge on any atom is -0.359 e. The molecule has 1 saturated heterocycles. The molecule has 0 saturated carbocycles. The second kappa shape index (κ2) is 7.81. The van der Waals surface area contributed by atoms with Crippen LogP contribution in [0.4, 0.5) is 0 Å². The number of H-pyrrole nitrogens is 1. The number of carbonyl (C=O) groups is 1. The number of amides is 1. The Bertz CT molecular complexity index is 675. The maximum Gasteiger partial charge on any atom is 0.220 e. The molecule has 2 N–H and O–H groups in total. The van der Waals surface area contributed by atoms with Gasteiger partial charge in [-0.05, 0) is 49.5 Å². The molecular weight excluding hydrogens is 324 g/mol. The number of halogens is 1. The number of aromatic amines is 1. The summed E-state index contributed by atoms with van der Waals surface area (Å²) < 4.78 is 0. The first-order valence-electron chi connectivity index (χ1n) is 8.37. The predicted octanol–water partition coefficient (Wildman–Crippen LogP) is 3.08. The van der Waals surface area contributed by atoms with Crippen molar-refractivity contribution in [2.24, 2.45) is 5.92 Å². The van der Waals surface area contributed by atoms with Crippen LogP contribution in [0.25, 0.3) is 11.3 Å². The topological polar surface area (TPSA) is 61.0 Å². The fraction of sp³-hybridized carbons (Fsp3) is 0.444. The van der Waals surface area contributed by atoms with E-state index < -0.39 is 0 Å². The molecule has 0 aliphatic carbocycles. The van der Waals surface area contributed by atoms with E-state index in [0.29, 0.717) is 12.3 Å². The lowest BCUT2D eigenvalue weighted by atomic mass is 9.93. The third-order valence-corrected chi connectivity index (χ3v) is 4.96. The van der Waals surface area contributed by atoms with Gasteiger partial charge in [0.25, 0.3) is 0 Å². The van der Waals surface area contributed by atoms with E-state index in [-0.39, 0.29) is 5.91 Å². The van der Waals surface area contributed by atoms with Crippen molar-refractivity contribution in [1.29, 1.82) is 0 Å². The molecule has 128 valence electrons. The monoisotopic (exact) mass is 346 g/mol. The van der Waals surface area contributed by atoms with E-state index in [1.165, 1.54) is 5.56 Å². The summed E-state index contributed by atoms with van der Waals surface area (Å²) in [6.07, 6.45) is 4.69. The van der Waals surface area contributed by atoms with Crippen LogP contribution in [0.1, 0.15) is 24.8 Å². The van der Waals surface area contributed by atoms with Gasteiger partial charge in [-0.2, -0.15) is 5.10 Å². The van der Waals surface area contributed by atoms with E-state index in [1.807, 2.05) is 30.5 Å². The summed E-state index contributed by atoms with van der Waals surface area (Å²) in [6.45, 7) is 2.92. The van der Waals surface area contributed by atoms with Gasteiger partial charge in [0.05, 0.1) is 11.9 Å². The van der Waals surface area contributed by atoms with Crippen LogP contribution in [0.3, 0.4) is 0 Å². The summed E-state index contributed by atoms with van der Waals surface area (Å²) in [5.41, 5.74) is 3.35. The number of hydrogen-bond donors (Lipinski definition) is 2. The predicted molar refractivity (Wildman–Crippen MR) is 95.7 cm³/mol. The molecule has 0 radical (unpaired) electrons. The Morgan fingerprint density at radius 2 is 2.04 bits per heavy atom. The third kappa shape index (κ3) is 4.16. The number of carbonyl (C=O) groups excluding carboxylic acids is 1. The molecule has 6 heteroatoms. The van der Waals surface area contributed by atoms with E-state index in [0.717, 1.165) is 48.8 Å². The van der Waals surface area contributed by atoms with E-state index in [2.05, 4.69) is 20.4 Å². The second-order valence-electron chi connectivity index (χ2n) is 6.37. The van der Waals surface area contributed by atoms with Crippen molar-refractivity contribution in [2.45, 2.75) is 25.8 Å². The van der Waals surface area contributed by atoms with Crippen LogP contribution in [0.15, 0.2) is 30.5 Å². The second-order valence-corrected chi connectivity index (χ2v) is 6.81. The smallest absolute Gasteiger partial charge is 0.220 e. The highest BCUT2D eigenvalue weighted by Crippen LogP contribution is 2.26. The summed E-state index contributed by atoms with van der Waals surface area (Å²) in [4.78, 5) is 13.9. The van der Waals surface area contributed by atoms with E-state index in [1.54, 1.807) is 7.05 Å². The van der Waals surface area contributed by atoms with Gasteiger partial charge in [0.15, 0.2) is 0 Å². The summed E-state index contributed by atoms with van der Waals surface area (Å²) >= 11 is 5.97. The van der Waals surface area contributed by atoms with E-state index >= 15 is 0 Å². The molecule has 2 aromatic rings. The van der Waals surface area contributed by atoms with Gasteiger partial charge >= 0.3 is 0 Å². The first-order chi connectivity index (χ1) is 11.7. The largest absolute Gasteiger partial charge is 0.359 e. The Balaban J connectivity index is 1.59. The Morgan fingerprint density at radius 3 is 2.71 bits per heavy atom. The van der Waals surface area contributed by atoms with Crippen molar-refractivity contribution in [2.75, 3.05) is 20.1 Å². The number of rotatable bonds is 5. The first kappa shape index (κ1) is 17.0. The molecule has 0 unspecified atom stereocenters. The van der Waals surface area contributed by atoms with E-state index in [9.17, 15) is 4.79 Å². The number of likely N-dealkylation sites (tertiary alicyclic amines) is 1. The molecule has 1 aromatic carbocycles. The molecule has 0 atom stereocenters. The molecule has 1 fully saturated rings. The van der Waals surface area contributed by atoms with Crippen molar-refractivity contribution in [3.63, 3.8) is 0 Å². The van der Waals surface area contributed by atoms with Crippen molar-refractivity contribution >= 4 is 17.5 Å². The molecular formula is C18H23ClN4O. The minimum atomic E-state index is 0.147. The highest BCUT2D eigenvalue weighted by atomic mass is 35.5. The molecule has 1 aliphatic heterocycles. The van der Waals surface area contributed by atoms with Gasteiger partial charge < -0.3 is 5.32 Å². The third-order valence-electron chi connectivity index (χ3n) is 4.70. The fourth-order valence-corrected chi connectivity index (χ4v) is 3.38. The van der Waals surface area contributed by atoms with Gasteiger partial charge in [-0.1, -0.05) is 23.7 Å². The van der Waals surface area contributed by atoms with Crippen LogP contribution < -0.4 is 5.32 Å². The molecule has 24 heavy (non-hydrogen) atoms. The Hall–Kier alpha value is -1.85. The zero-order chi connectivity index (χ0) is 16.9. The number of nitrogens with zero attached hydrogens (tertiary/aromatic N) is 2. The maximum absolute atomic E-state index is 11.5. The molecule has 3 rings (SSSR count). The zero-order valence-electron chi connectivity index (χ0n) is 13.9. The van der Waals surface area contributed by atoms with Crippen molar-refractivity contribution in [3.05, 3.63) is 41.0 Å². The average Bonchev–Trinajstić information content (AvgIpc) is 3.05. The SMILES string of the molecule is CNC(=O)CC1CCN(Cc2cn[nH]c2-c2ccc(Cl)cc2)CC1. The summed E-state index contributed by atoms with van der Waals surface area (Å²) in [5.74, 6) is 0.648. The van der Waals surface area contributed by atoms with Gasteiger partial charge in [-0.15, -0.1) is 0 Å². The standard InChI is InChI=1S/C18H23ClN4O/c1-20-17(24)10-13-6-8-23(9-7-13)12-15-11-21-22-18(15)14-2-4-16(19)5-3-14/h2-5,11,13H,6-10,12H2,1H3,(H,20,24)(H,21,22). The number of nitrogens with one attached hydrogen (secondary N) is 2. The molecule has 1 amide bonds. The minimum absolute atomic E-state index is 0.147. The lowest BCUT2D eigenvalue weighted by molar-refractivity contribution is -0.121. The number of hydrogen-bond acceptors (Lipinski definition) is 3. The summed E-state index contributed by atoms with van der Waals surface area (Å²) in [7, 11) is 1.70. The lowest BCUT2D eigenvalue weighted by Crippen LogP contribution is -2.35. The normalized spacial score (nSPS) is 16.2. The first-order valence-corrected chi connectivity index (χ1v) is 8.74. The summed E-state index contributed by atoms with van der Waals surface area (Å²) in [5, 5.41) is 10.8. The van der Waals surface area contributed by atoms with Crippen molar-refractivity contribution < 1.29 is 4.79 Å². The van der Waals surface area contributed by atoms with Crippen LogP contribution in [0.5, 0.6) is 0 Å². The van der Waals surface area contributed by atoms with Gasteiger partial charge in [-0.25, -0.2) is 0 Å². The van der Waals surface area contributed by atoms with E-state index in [4.69, 9.17) is 11.6 Å². The maximum atomic E-state index is 11.5. The highest BCUT2D eigenvalue weighted by Gasteiger charge is 2.22. The molecule has 1 aliphatic rings. The summed E-state index contributed by atoms with van der Waals surface area (Å²) in [6, 6.07) is 7.81. The van der Waals surface area contributed by atoms with Crippen LogP contribution in [-0.4, -0.2) is 41.1 Å². The Labute approximate surface area is 147 Å². The molecule has 0 bridgehead atoms. The van der Waals surface area contributed by atoms with Gasteiger partial charge in [-0.3, -0.25) is 14.8 Å². The molecule has 5 nitrogen and oxygen atoms in total. The van der Waals surface area contributed by atoms with Gasteiger partial charge in [0.1, 0.15) is 0 Å². The van der Waals surface area contributed by atoms with Crippen LogP contribution >= 0.6 is 11.6 Å². The molecule has 0 spiro atoms. The quantitative estimate of drug-likeness (QED) is 0.874. The zero-order valence-corrected chi connectivity index (χ0v) is 14.6. The van der Waals surface area contributed by atoms with Gasteiger partial charge in [0, 0.05) is 30.6 Å². The highest BCUT2D eigenvalue weighted by molar-refractivity contribution is 6.30. The number of benzene rings is 1.